The largest absolute Gasteiger partial charge is 0.341 e. The zero-order valence-corrected chi connectivity index (χ0v) is 17.5. The van der Waals surface area contributed by atoms with Crippen LogP contribution in [0.3, 0.4) is 0 Å². The summed E-state index contributed by atoms with van der Waals surface area (Å²) in [6.07, 6.45) is 4.48. The lowest BCUT2D eigenvalue weighted by Crippen LogP contribution is -2.32. The fourth-order valence-corrected chi connectivity index (χ4v) is 3.60. The Morgan fingerprint density at radius 2 is 1.84 bits per heavy atom. The van der Waals surface area contributed by atoms with E-state index in [4.69, 9.17) is 16.6 Å². The minimum atomic E-state index is -0.522. The minimum Gasteiger partial charge on any atom is -0.341 e. The molecule has 2 heterocycles. The van der Waals surface area contributed by atoms with E-state index in [9.17, 15) is 9.18 Å². The van der Waals surface area contributed by atoms with Gasteiger partial charge in [0.25, 0.3) is 5.91 Å². The number of carbonyl (C=O) groups excluding carboxylic acids is 1. The topological polar surface area (TPSA) is 70.5 Å². The Balaban J connectivity index is 1.61. The first-order chi connectivity index (χ1) is 15.1. The van der Waals surface area contributed by atoms with E-state index in [-0.39, 0.29) is 16.3 Å². The standard InChI is InChI=1S/C23H21ClFN5O/c24-18-10-7-11-19(25)17(18)15-26-29-22(31)21-14-20(16-8-3-1-4-9-16)27-23(28-21)30-12-5-2-6-13-30/h1,3-4,7-11,14-15H,2,5-6,12-13H2,(H,29,31)/b26-15+. The summed E-state index contributed by atoms with van der Waals surface area (Å²) >= 11 is 5.99. The molecule has 1 aliphatic rings. The number of hydrogen-bond acceptors (Lipinski definition) is 5. The van der Waals surface area contributed by atoms with Gasteiger partial charge in [-0.15, -0.1) is 0 Å². The second kappa shape index (κ2) is 9.66. The van der Waals surface area contributed by atoms with Crippen molar-refractivity contribution in [3.63, 3.8) is 0 Å². The number of benzene rings is 2. The Bertz CT molecular complexity index is 1080. The van der Waals surface area contributed by atoms with Crippen molar-refractivity contribution in [2.45, 2.75) is 19.3 Å². The predicted octanol–water partition coefficient (Wildman–Crippen LogP) is 4.69. The first-order valence-electron chi connectivity index (χ1n) is 10.1. The molecule has 0 spiro atoms. The predicted molar refractivity (Wildman–Crippen MR) is 120 cm³/mol. The van der Waals surface area contributed by atoms with Gasteiger partial charge in [-0.3, -0.25) is 4.79 Å². The van der Waals surface area contributed by atoms with E-state index < -0.39 is 11.7 Å². The molecule has 2 aromatic carbocycles. The van der Waals surface area contributed by atoms with Crippen molar-refractivity contribution in [1.29, 1.82) is 0 Å². The molecule has 0 aliphatic carbocycles. The molecule has 4 rings (SSSR count). The second-order valence-corrected chi connectivity index (χ2v) is 7.59. The highest BCUT2D eigenvalue weighted by molar-refractivity contribution is 6.33. The molecule has 1 N–H and O–H groups in total. The highest BCUT2D eigenvalue weighted by atomic mass is 35.5. The molecular formula is C23H21ClFN5O. The van der Waals surface area contributed by atoms with Gasteiger partial charge in [-0.25, -0.2) is 19.8 Å². The zero-order chi connectivity index (χ0) is 21.6. The van der Waals surface area contributed by atoms with Crippen molar-refractivity contribution in [1.82, 2.24) is 15.4 Å². The summed E-state index contributed by atoms with van der Waals surface area (Å²) in [5.41, 5.74) is 4.24. The van der Waals surface area contributed by atoms with Crippen LogP contribution in [-0.2, 0) is 0 Å². The fraction of sp³-hybridized carbons (Fsp3) is 0.217. The maximum Gasteiger partial charge on any atom is 0.290 e. The first kappa shape index (κ1) is 20.9. The number of hydrazone groups is 1. The van der Waals surface area contributed by atoms with E-state index >= 15 is 0 Å². The van der Waals surface area contributed by atoms with Crippen LogP contribution in [0.4, 0.5) is 10.3 Å². The number of nitrogens with one attached hydrogen (secondary N) is 1. The van der Waals surface area contributed by atoms with E-state index in [1.54, 1.807) is 12.1 Å². The number of anilines is 1. The Morgan fingerprint density at radius 1 is 1.06 bits per heavy atom. The molecule has 0 saturated carbocycles. The van der Waals surface area contributed by atoms with Gasteiger partial charge in [-0.1, -0.05) is 48.0 Å². The Hall–Kier alpha value is -3.32. The average Bonchev–Trinajstić information content (AvgIpc) is 2.81. The van der Waals surface area contributed by atoms with Crippen molar-refractivity contribution in [3.8, 4) is 11.3 Å². The zero-order valence-electron chi connectivity index (χ0n) is 16.8. The van der Waals surface area contributed by atoms with Gasteiger partial charge in [0, 0.05) is 24.2 Å². The average molecular weight is 438 g/mol. The van der Waals surface area contributed by atoms with Crippen LogP contribution in [0.15, 0.2) is 59.7 Å². The number of nitrogens with zero attached hydrogens (tertiary/aromatic N) is 4. The SMILES string of the molecule is O=C(N/N=C/c1c(F)cccc1Cl)c1cc(-c2ccccc2)nc(N2CCCCC2)n1. The number of hydrogen-bond donors (Lipinski definition) is 1. The number of aromatic nitrogens is 2. The maximum absolute atomic E-state index is 13.9. The van der Waals surface area contributed by atoms with Crippen molar-refractivity contribution in [2.24, 2.45) is 5.10 Å². The fourth-order valence-electron chi connectivity index (χ4n) is 3.39. The van der Waals surface area contributed by atoms with Crippen LogP contribution < -0.4 is 10.3 Å². The van der Waals surface area contributed by atoms with E-state index in [1.807, 2.05) is 30.3 Å². The Kier molecular flexibility index (Phi) is 6.52. The number of rotatable bonds is 5. The molecule has 1 amide bonds. The molecule has 8 heteroatoms. The third-order valence-electron chi connectivity index (χ3n) is 5.01. The van der Waals surface area contributed by atoms with Crippen LogP contribution >= 0.6 is 11.6 Å². The molecule has 158 valence electrons. The third kappa shape index (κ3) is 5.06. The highest BCUT2D eigenvalue weighted by Crippen LogP contribution is 2.23. The summed E-state index contributed by atoms with van der Waals surface area (Å²) in [5, 5.41) is 4.07. The van der Waals surface area contributed by atoms with Gasteiger partial charge in [0.1, 0.15) is 11.5 Å². The van der Waals surface area contributed by atoms with Crippen LogP contribution in [0.1, 0.15) is 35.3 Å². The molecule has 1 aliphatic heterocycles. The number of piperidine rings is 1. The minimum absolute atomic E-state index is 0.103. The molecule has 3 aromatic rings. The van der Waals surface area contributed by atoms with E-state index in [1.165, 1.54) is 24.8 Å². The quantitative estimate of drug-likeness (QED) is 0.464. The van der Waals surface area contributed by atoms with Crippen molar-refractivity contribution < 1.29 is 9.18 Å². The second-order valence-electron chi connectivity index (χ2n) is 7.19. The van der Waals surface area contributed by atoms with Crippen molar-refractivity contribution >= 4 is 29.7 Å². The van der Waals surface area contributed by atoms with Gasteiger partial charge >= 0.3 is 0 Å². The number of halogens is 2. The number of amides is 1. The van der Waals surface area contributed by atoms with Crippen LogP contribution in [0.5, 0.6) is 0 Å². The molecule has 0 atom stereocenters. The van der Waals surface area contributed by atoms with Crippen LogP contribution in [0, 0.1) is 5.82 Å². The lowest BCUT2D eigenvalue weighted by Gasteiger charge is -2.27. The Morgan fingerprint density at radius 3 is 2.58 bits per heavy atom. The van der Waals surface area contributed by atoms with E-state index in [0.29, 0.717) is 11.6 Å². The highest BCUT2D eigenvalue weighted by Gasteiger charge is 2.18. The van der Waals surface area contributed by atoms with Crippen LogP contribution in [0.25, 0.3) is 11.3 Å². The molecule has 0 unspecified atom stereocenters. The van der Waals surface area contributed by atoms with Crippen LogP contribution in [-0.4, -0.2) is 35.2 Å². The summed E-state index contributed by atoms with van der Waals surface area (Å²) in [6.45, 7) is 1.70. The van der Waals surface area contributed by atoms with E-state index in [0.717, 1.165) is 31.5 Å². The summed E-state index contributed by atoms with van der Waals surface area (Å²) in [4.78, 5) is 24.0. The van der Waals surface area contributed by atoms with Gasteiger partial charge in [0.2, 0.25) is 5.95 Å². The van der Waals surface area contributed by atoms with Crippen LogP contribution in [0.2, 0.25) is 5.02 Å². The molecular weight excluding hydrogens is 417 g/mol. The first-order valence-corrected chi connectivity index (χ1v) is 10.5. The van der Waals surface area contributed by atoms with Crippen molar-refractivity contribution in [3.05, 3.63) is 76.7 Å². The summed E-state index contributed by atoms with van der Waals surface area (Å²) in [7, 11) is 0. The normalized spacial score (nSPS) is 14.1. The molecule has 0 bridgehead atoms. The van der Waals surface area contributed by atoms with Gasteiger partial charge in [-0.05, 0) is 37.5 Å². The van der Waals surface area contributed by atoms with Gasteiger partial charge in [-0.2, -0.15) is 5.10 Å². The Labute approximate surface area is 184 Å². The third-order valence-corrected chi connectivity index (χ3v) is 5.34. The molecule has 1 fully saturated rings. The van der Waals surface area contributed by atoms with Gasteiger partial charge in [0.15, 0.2) is 0 Å². The van der Waals surface area contributed by atoms with Gasteiger partial charge < -0.3 is 4.90 Å². The summed E-state index contributed by atoms with van der Waals surface area (Å²) in [5.74, 6) is -0.514. The van der Waals surface area contributed by atoms with Gasteiger partial charge in [0.05, 0.1) is 16.9 Å². The summed E-state index contributed by atoms with van der Waals surface area (Å²) in [6, 6.07) is 15.6. The lowest BCUT2D eigenvalue weighted by atomic mass is 10.1. The van der Waals surface area contributed by atoms with E-state index in [2.05, 4.69) is 20.4 Å². The molecule has 31 heavy (non-hydrogen) atoms. The number of carbonyl (C=O) groups is 1. The maximum atomic E-state index is 13.9. The molecule has 1 saturated heterocycles. The smallest absolute Gasteiger partial charge is 0.290 e. The lowest BCUT2D eigenvalue weighted by molar-refractivity contribution is 0.0950. The molecule has 6 nitrogen and oxygen atoms in total. The van der Waals surface area contributed by atoms with Crippen molar-refractivity contribution in [2.75, 3.05) is 18.0 Å². The monoisotopic (exact) mass is 437 g/mol. The molecule has 1 aromatic heterocycles. The molecule has 0 radical (unpaired) electrons. The summed E-state index contributed by atoms with van der Waals surface area (Å²) < 4.78 is 13.9.